The molecule has 2 rings (SSSR count). The number of rotatable bonds is 6. The molecule has 1 fully saturated rings. The van der Waals surface area contributed by atoms with E-state index in [9.17, 15) is 0 Å². The molecule has 1 aliphatic heterocycles. The summed E-state index contributed by atoms with van der Waals surface area (Å²) >= 11 is 1.85. The van der Waals surface area contributed by atoms with Crippen LogP contribution in [0.1, 0.15) is 51.0 Å². The van der Waals surface area contributed by atoms with Gasteiger partial charge in [0, 0.05) is 30.2 Å². The number of thiazole rings is 1. The normalized spacial score (nSPS) is 21.5. The molecule has 2 atom stereocenters. The van der Waals surface area contributed by atoms with Gasteiger partial charge in [0.2, 0.25) is 0 Å². The minimum Gasteiger partial charge on any atom is -0.348 e. The third kappa shape index (κ3) is 3.23. The average molecular weight is 267 g/mol. The number of hydrogen-bond donors (Lipinski definition) is 1. The van der Waals surface area contributed by atoms with Crippen molar-refractivity contribution in [2.75, 3.05) is 24.5 Å². The summed E-state index contributed by atoms with van der Waals surface area (Å²) < 4.78 is 0. The molecule has 102 valence electrons. The second kappa shape index (κ2) is 6.53. The van der Waals surface area contributed by atoms with Crippen LogP contribution in [-0.2, 0) is 0 Å². The van der Waals surface area contributed by atoms with E-state index < -0.39 is 0 Å². The van der Waals surface area contributed by atoms with Crippen LogP contribution in [0.3, 0.4) is 0 Å². The maximum atomic E-state index is 4.60. The molecule has 1 N–H and O–H groups in total. The molecule has 0 aromatic carbocycles. The Morgan fingerprint density at radius 1 is 1.56 bits per heavy atom. The van der Waals surface area contributed by atoms with Crippen molar-refractivity contribution in [2.24, 2.45) is 5.92 Å². The number of nitrogens with zero attached hydrogens (tertiary/aromatic N) is 2. The number of aromatic nitrogens is 1. The lowest BCUT2D eigenvalue weighted by Crippen LogP contribution is -2.19. The summed E-state index contributed by atoms with van der Waals surface area (Å²) in [6, 6.07) is 0.431. The van der Waals surface area contributed by atoms with Gasteiger partial charge < -0.3 is 10.2 Å². The predicted molar refractivity (Wildman–Crippen MR) is 79.4 cm³/mol. The Kier molecular flexibility index (Phi) is 5.01. The Morgan fingerprint density at radius 3 is 3.06 bits per heavy atom. The van der Waals surface area contributed by atoms with E-state index in [0.29, 0.717) is 6.04 Å². The maximum Gasteiger partial charge on any atom is 0.185 e. The quantitative estimate of drug-likeness (QED) is 0.856. The fourth-order valence-electron chi connectivity index (χ4n) is 2.42. The molecule has 0 spiro atoms. The van der Waals surface area contributed by atoms with Gasteiger partial charge >= 0.3 is 0 Å². The van der Waals surface area contributed by atoms with E-state index in [4.69, 9.17) is 0 Å². The van der Waals surface area contributed by atoms with Crippen LogP contribution >= 0.6 is 11.3 Å². The van der Waals surface area contributed by atoms with Crippen LogP contribution in [0.25, 0.3) is 0 Å². The van der Waals surface area contributed by atoms with Crippen molar-refractivity contribution in [1.29, 1.82) is 0 Å². The molecule has 1 aromatic heterocycles. The molecule has 3 nitrogen and oxygen atoms in total. The highest BCUT2D eigenvalue weighted by atomic mass is 32.1. The van der Waals surface area contributed by atoms with Crippen LogP contribution in [-0.4, -0.2) is 24.6 Å². The molecule has 0 aliphatic carbocycles. The number of anilines is 1. The van der Waals surface area contributed by atoms with Crippen molar-refractivity contribution in [2.45, 2.75) is 46.1 Å². The van der Waals surface area contributed by atoms with Crippen molar-refractivity contribution in [3.63, 3.8) is 0 Å². The summed E-state index contributed by atoms with van der Waals surface area (Å²) in [7, 11) is 0. The Hall–Kier alpha value is -0.610. The molecule has 0 radical (unpaired) electrons. The van der Waals surface area contributed by atoms with Crippen LogP contribution < -0.4 is 10.2 Å². The zero-order valence-corrected chi connectivity index (χ0v) is 12.6. The van der Waals surface area contributed by atoms with Crippen molar-refractivity contribution in [3.8, 4) is 0 Å². The van der Waals surface area contributed by atoms with Crippen molar-refractivity contribution < 1.29 is 0 Å². The standard InChI is InChI=1S/C14H25N3S/c1-4-7-15-11(3)13-9-16-14(18-13)17-8-6-12(5-2)10-17/h9,11-12,15H,4-8,10H2,1-3H3. The van der Waals surface area contributed by atoms with Crippen molar-refractivity contribution in [1.82, 2.24) is 10.3 Å². The highest BCUT2D eigenvalue weighted by molar-refractivity contribution is 7.15. The lowest BCUT2D eigenvalue weighted by molar-refractivity contribution is 0.569. The molecule has 4 heteroatoms. The lowest BCUT2D eigenvalue weighted by atomic mass is 10.1. The van der Waals surface area contributed by atoms with E-state index in [1.54, 1.807) is 0 Å². The van der Waals surface area contributed by atoms with E-state index in [1.165, 1.54) is 42.4 Å². The van der Waals surface area contributed by atoms with Crippen LogP contribution in [0, 0.1) is 5.92 Å². The summed E-state index contributed by atoms with van der Waals surface area (Å²) in [5, 5.41) is 4.74. The first-order valence-corrected chi connectivity index (χ1v) is 8.00. The van der Waals surface area contributed by atoms with Gasteiger partial charge in [0.05, 0.1) is 0 Å². The minimum absolute atomic E-state index is 0.431. The zero-order chi connectivity index (χ0) is 13.0. The monoisotopic (exact) mass is 267 g/mol. The molecule has 0 bridgehead atoms. The Bertz CT molecular complexity index is 364. The molecular weight excluding hydrogens is 242 g/mol. The summed E-state index contributed by atoms with van der Waals surface area (Å²) in [4.78, 5) is 8.41. The summed E-state index contributed by atoms with van der Waals surface area (Å²) in [6.45, 7) is 10.2. The molecule has 0 saturated carbocycles. The summed E-state index contributed by atoms with van der Waals surface area (Å²) in [6.07, 6.45) is 5.85. The van der Waals surface area contributed by atoms with Gasteiger partial charge in [-0.05, 0) is 32.2 Å². The van der Waals surface area contributed by atoms with Gasteiger partial charge in [0.1, 0.15) is 0 Å². The molecule has 2 unspecified atom stereocenters. The van der Waals surface area contributed by atoms with Crippen LogP contribution in [0.5, 0.6) is 0 Å². The van der Waals surface area contributed by atoms with Gasteiger partial charge in [-0.2, -0.15) is 0 Å². The first-order valence-electron chi connectivity index (χ1n) is 7.18. The topological polar surface area (TPSA) is 28.2 Å². The van der Waals surface area contributed by atoms with Gasteiger partial charge in [-0.1, -0.05) is 20.3 Å². The van der Waals surface area contributed by atoms with Gasteiger partial charge in [-0.15, -0.1) is 11.3 Å². The van der Waals surface area contributed by atoms with Gasteiger partial charge in [0.15, 0.2) is 5.13 Å². The van der Waals surface area contributed by atoms with Crippen LogP contribution in [0.15, 0.2) is 6.20 Å². The Morgan fingerprint density at radius 2 is 2.39 bits per heavy atom. The molecule has 1 aromatic rings. The fraction of sp³-hybridized carbons (Fsp3) is 0.786. The van der Waals surface area contributed by atoms with Crippen molar-refractivity contribution >= 4 is 16.5 Å². The summed E-state index contributed by atoms with van der Waals surface area (Å²) in [5.41, 5.74) is 0. The predicted octanol–water partition coefficient (Wildman–Crippen LogP) is 3.44. The molecule has 0 amide bonds. The third-order valence-corrected chi connectivity index (χ3v) is 5.01. The Balaban J connectivity index is 1.93. The zero-order valence-electron chi connectivity index (χ0n) is 11.8. The first-order chi connectivity index (χ1) is 8.74. The summed E-state index contributed by atoms with van der Waals surface area (Å²) in [5.74, 6) is 0.869. The van der Waals surface area contributed by atoms with Crippen LogP contribution in [0.2, 0.25) is 0 Å². The van der Waals surface area contributed by atoms with Gasteiger partial charge in [-0.3, -0.25) is 0 Å². The van der Waals surface area contributed by atoms with E-state index >= 15 is 0 Å². The highest BCUT2D eigenvalue weighted by Crippen LogP contribution is 2.31. The fourth-order valence-corrected chi connectivity index (χ4v) is 3.40. The van der Waals surface area contributed by atoms with Crippen LogP contribution in [0.4, 0.5) is 5.13 Å². The van der Waals surface area contributed by atoms with E-state index in [0.717, 1.165) is 12.5 Å². The molecular formula is C14H25N3S. The Labute approximate surface area is 115 Å². The van der Waals surface area contributed by atoms with E-state index in [-0.39, 0.29) is 0 Å². The van der Waals surface area contributed by atoms with E-state index in [2.05, 4.69) is 36.0 Å². The molecule has 2 heterocycles. The largest absolute Gasteiger partial charge is 0.348 e. The third-order valence-electron chi connectivity index (χ3n) is 3.77. The highest BCUT2D eigenvalue weighted by Gasteiger charge is 2.23. The average Bonchev–Trinajstić information content (AvgIpc) is 3.03. The molecule has 1 saturated heterocycles. The van der Waals surface area contributed by atoms with E-state index in [1.807, 2.05) is 17.5 Å². The maximum absolute atomic E-state index is 4.60. The SMILES string of the molecule is CCCNC(C)c1cnc(N2CCC(CC)C2)s1. The second-order valence-electron chi connectivity index (χ2n) is 5.23. The smallest absolute Gasteiger partial charge is 0.185 e. The molecule has 18 heavy (non-hydrogen) atoms. The number of hydrogen-bond acceptors (Lipinski definition) is 4. The number of nitrogens with one attached hydrogen (secondary N) is 1. The molecule has 1 aliphatic rings. The first kappa shape index (κ1) is 13.8. The van der Waals surface area contributed by atoms with Crippen molar-refractivity contribution in [3.05, 3.63) is 11.1 Å². The second-order valence-corrected chi connectivity index (χ2v) is 6.27. The lowest BCUT2D eigenvalue weighted by Gasteiger charge is -2.14. The minimum atomic E-state index is 0.431. The van der Waals surface area contributed by atoms with Gasteiger partial charge in [0.25, 0.3) is 0 Å². The van der Waals surface area contributed by atoms with Gasteiger partial charge in [-0.25, -0.2) is 4.98 Å².